The molecule has 2 amide bonds. The fourth-order valence-electron chi connectivity index (χ4n) is 2.57. The van der Waals surface area contributed by atoms with Crippen molar-refractivity contribution in [2.75, 3.05) is 26.6 Å². The van der Waals surface area contributed by atoms with Crippen molar-refractivity contribution in [1.82, 2.24) is 24.6 Å². The molecule has 29 heavy (non-hydrogen) atoms. The van der Waals surface area contributed by atoms with Gasteiger partial charge >= 0.3 is 11.8 Å². The second-order valence-electron chi connectivity index (χ2n) is 6.02. The van der Waals surface area contributed by atoms with Crippen molar-refractivity contribution in [2.24, 2.45) is 0 Å². The van der Waals surface area contributed by atoms with Gasteiger partial charge in [0.15, 0.2) is 0 Å². The maximum Gasteiger partial charge on any atom is 0.313 e. The molecule has 0 saturated heterocycles. The third kappa shape index (κ3) is 4.67. The molecule has 10 nitrogen and oxygen atoms in total. The zero-order valence-electron chi connectivity index (χ0n) is 16.2. The van der Waals surface area contributed by atoms with E-state index in [0.29, 0.717) is 23.1 Å². The van der Waals surface area contributed by atoms with Crippen molar-refractivity contribution in [3.05, 3.63) is 54.6 Å². The summed E-state index contributed by atoms with van der Waals surface area (Å²) in [4.78, 5) is 34.2. The first-order valence-corrected chi connectivity index (χ1v) is 8.61. The third-order valence-electron chi connectivity index (χ3n) is 4.04. The summed E-state index contributed by atoms with van der Waals surface area (Å²) in [5, 5.41) is 6.60. The number of ether oxygens (including phenoxy) is 2. The summed E-state index contributed by atoms with van der Waals surface area (Å²) in [6.07, 6.45) is 6.09. The van der Waals surface area contributed by atoms with Gasteiger partial charge in [0.25, 0.3) is 0 Å². The smallest absolute Gasteiger partial charge is 0.313 e. The number of likely N-dealkylation sites (N-methyl/N-ethyl adjacent to an activating group) is 1. The van der Waals surface area contributed by atoms with Crippen LogP contribution in [0.25, 0.3) is 5.95 Å². The molecule has 0 radical (unpaired) electrons. The van der Waals surface area contributed by atoms with E-state index >= 15 is 0 Å². The molecule has 0 unspecified atom stereocenters. The first-order valence-electron chi connectivity index (χ1n) is 8.61. The molecule has 150 valence electrons. The number of rotatable bonds is 6. The number of benzene rings is 1. The first-order chi connectivity index (χ1) is 14.0. The van der Waals surface area contributed by atoms with Crippen molar-refractivity contribution in [2.45, 2.75) is 6.54 Å². The van der Waals surface area contributed by atoms with E-state index in [1.165, 1.54) is 36.1 Å². The summed E-state index contributed by atoms with van der Waals surface area (Å²) >= 11 is 0. The number of nitrogens with one attached hydrogen (secondary N) is 1. The van der Waals surface area contributed by atoms with Crippen LogP contribution in [0.3, 0.4) is 0 Å². The number of amides is 2. The van der Waals surface area contributed by atoms with Gasteiger partial charge in [0.05, 0.1) is 32.3 Å². The standard InChI is InChI=1S/C19H20N6O4/c1-24(11-13-5-6-15(28-2)9-16(13)29-3)18(27)17(26)23-14-10-22-25(12-14)19-20-7-4-8-21-19/h4-10,12H,11H2,1-3H3,(H,23,26). The lowest BCUT2D eigenvalue weighted by Gasteiger charge is -2.18. The molecule has 0 aliphatic rings. The summed E-state index contributed by atoms with van der Waals surface area (Å²) in [6, 6.07) is 6.94. The Bertz CT molecular complexity index is 1000. The minimum atomic E-state index is -0.784. The molecular weight excluding hydrogens is 376 g/mol. The molecule has 2 aromatic heterocycles. The van der Waals surface area contributed by atoms with Gasteiger partial charge in [-0.3, -0.25) is 9.59 Å². The second kappa shape index (κ2) is 8.83. The number of hydrogen-bond acceptors (Lipinski definition) is 7. The molecule has 3 rings (SSSR count). The number of carbonyl (C=O) groups is 2. The highest BCUT2D eigenvalue weighted by Crippen LogP contribution is 2.25. The fraction of sp³-hybridized carbons (Fsp3) is 0.211. The highest BCUT2D eigenvalue weighted by atomic mass is 16.5. The number of carbonyl (C=O) groups excluding carboxylic acids is 2. The van der Waals surface area contributed by atoms with Gasteiger partial charge in [-0.15, -0.1) is 0 Å². The van der Waals surface area contributed by atoms with Gasteiger partial charge in [-0.1, -0.05) is 0 Å². The molecule has 1 N–H and O–H groups in total. The van der Waals surface area contributed by atoms with Gasteiger partial charge < -0.3 is 19.7 Å². The Morgan fingerprint density at radius 1 is 1.17 bits per heavy atom. The number of aromatic nitrogens is 4. The molecule has 1 aromatic carbocycles. The van der Waals surface area contributed by atoms with Crippen LogP contribution in [0.1, 0.15) is 5.56 Å². The van der Waals surface area contributed by atoms with E-state index in [9.17, 15) is 9.59 Å². The van der Waals surface area contributed by atoms with E-state index in [-0.39, 0.29) is 6.54 Å². The Kier molecular flexibility index (Phi) is 6.03. The van der Waals surface area contributed by atoms with Gasteiger partial charge in [0, 0.05) is 37.6 Å². The van der Waals surface area contributed by atoms with E-state index < -0.39 is 11.8 Å². The summed E-state index contributed by atoms with van der Waals surface area (Å²) in [5.74, 6) is 0.0633. The van der Waals surface area contributed by atoms with Crippen LogP contribution in [-0.2, 0) is 16.1 Å². The van der Waals surface area contributed by atoms with Crippen LogP contribution in [-0.4, -0.2) is 57.7 Å². The van der Waals surface area contributed by atoms with E-state index in [0.717, 1.165) is 5.56 Å². The molecule has 10 heteroatoms. The average Bonchev–Trinajstić information content (AvgIpc) is 3.22. The highest BCUT2D eigenvalue weighted by Gasteiger charge is 2.21. The number of hydrogen-bond donors (Lipinski definition) is 1. The van der Waals surface area contributed by atoms with E-state index in [2.05, 4.69) is 20.4 Å². The van der Waals surface area contributed by atoms with Gasteiger partial charge in [-0.2, -0.15) is 5.10 Å². The maximum atomic E-state index is 12.4. The number of anilines is 1. The Balaban J connectivity index is 1.64. The lowest BCUT2D eigenvalue weighted by atomic mass is 10.1. The molecule has 0 spiro atoms. The van der Waals surface area contributed by atoms with Gasteiger partial charge in [0.2, 0.25) is 5.95 Å². The zero-order chi connectivity index (χ0) is 20.8. The lowest BCUT2D eigenvalue weighted by Crippen LogP contribution is -2.36. The highest BCUT2D eigenvalue weighted by molar-refractivity contribution is 6.39. The van der Waals surface area contributed by atoms with Crippen LogP contribution >= 0.6 is 0 Å². The van der Waals surface area contributed by atoms with E-state index in [4.69, 9.17) is 9.47 Å². The number of nitrogens with zero attached hydrogens (tertiary/aromatic N) is 5. The van der Waals surface area contributed by atoms with Crippen LogP contribution in [0, 0.1) is 0 Å². The van der Waals surface area contributed by atoms with Crippen LogP contribution in [0.15, 0.2) is 49.1 Å². The Morgan fingerprint density at radius 2 is 1.93 bits per heavy atom. The molecule has 2 heterocycles. The normalized spacial score (nSPS) is 10.3. The Hall–Kier alpha value is -3.95. The topological polar surface area (TPSA) is 111 Å². The van der Waals surface area contributed by atoms with Crippen LogP contribution in [0.2, 0.25) is 0 Å². The van der Waals surface area contributed by atoms with Crippen LogP contribution in [0.5, 0.6) is 11.5 Å². The quantitative estimate of drug-likeness (QED) is 0.625. The summed E-state index contributed by atoms with van der Waals surface area (Å²) < 4.78 is 11.9. The minimum absolute atomic E-state index is 0.191. The molecular formula is C19H20N6O4. The Labute approximate surface area is 167 Å². The van der Waals surface area contributed by atoms with Crippen LogP contribution in [0.4, 0.5) is 5.69 Å². The summed E-state index contributed by atoms with van der Waals surface area (Å²) in [7, 11) is 4.62. The SMILES string of the molecule is COc1ccc(CN(C)C(=O)C(=O)Nc2cnn(-c3ncccn3)c2)c(OC)c1. The average molecular weight is 396 g/mol. The largest absolute Gasteiger partial charge is 0.497 e. The van der Waals surface area contributed by atoms with E-state index in [1.807, 2.05) is 0 Å². The first kappa shape index (κ1) is 19.8. The molecule has 0 bridgehead atoms. The monoisotopic (exact) mass is 396 g/mol. The van der Waals surface area contributed by atoms with Gasteiger partial charge in [-0.05, 0) is 18.2 Å². The minimum Gasteiger partial charge on any atom is -0.497 e. The molecule has 3 aromatic rings. The van der Waals surface area contributed by atoms with Crippen molar-refractivity contribution < 1.29 is 19.1 Å². The Morgan fingerprint density at radius 3 is 2.62 bits per heavy atom. The number of methoxy groups -OCH3 is 2. The van der Waals surface area contributed by atoms with E-state index in [1.54, 1.807) is 43.8 Å². The molecule has 0 aliphatic carbocycles. The predicted molar refractivity (Wildman–Crippen MR) is 104 cm³/mol. The summed E-state index contributed by atoms with van der Waals surface area (Å²) in [6.45, 7) is 0.191. The van der Waals surface area contributed by atoms with Crippen molar-refractivity contribution >= 4 is 17.5 Å². The van der Waals surface area contributed by atoms with Gasteiger partial charge in [0.1, 0.15) is 11.5 Å². The zero-order valence-corrected chi connectivity index (χ0v) is 16.2. The molecule has 0 atom stereocenters. The van der Waals surface area contributed by atoms with Crippen molar-refractivity contribution in [3.63, 3.8) is 0 Å². The molecule has 0 saturated carbocycles. The van der Waals surface area contributed by atoms with Crippen molar-refractivity contribution in [3.8, 4) is 17.4 Å². The van der Waals surface area contributed by atoms with Crippen molar-refractivity contribution in [1.29, 1.82) is 0 Å². The predicted octanol–water partition coefficient (Wildman–Crippen LogP) is 1.28. The maximum absolute atomic E-state index is 12.4. The lowest BCUT2D eigenvalue weighted by molar-refractivity contribution is -0.142. The summed E-state index contributed by atoms with van der Waals surface area (Å²) in [5.41, 5.74) is 1.09. The second-order valence-corrected chi connectivity index (χ2v) is 6.02. The van der Waals surface area contributed by atoms with Crippen LogP contribution < -0.4 is 14.8 Å². The van der Waals surface area contributed by atoms with Gasteiger partial charge in [-0.25, -0.2) is 14.6 Å². The third-order valence-corrected chi connectivity index (χ3v) is 4.04. The molecule has 0 aliphatic heterocycles. The fourth-order valence-corrected chi connectivity index (χ4v) is 2.57. The molecule has 0 fully saturated rings.